The Morgan fingerprint density at radius 2 is 1.64 bits per heavy atom. The van der Waals surface area contributed by atoms with Crippen LogP contribution in [0.4, 0.5) is 5.69 Å². The number of benzene rings is 4. The molecule has 0 spiro atoms. The lowest BCUT2D eigenvalue weighted by atomic mass is 10.1. The van der Waals surface area contributed by atoms with Gasteiger partial charge in [-0.15, -0.1) is 0 Å². The summed E-state index contributed by atoms with van der Waals surface area (Å²) in [6.45, 7) is 3.16. The molecule has 0 saturated carbocycles. The zero-order chi connectivity index (χ0) is 26.9. The second-order valence-corrected chi connectivity index (χ2v) is 10.8. The minimum Gasteiger partial charge on any atom is -0.486 e. The van der Waals surface area contributed by atoms with E-state index < -0.39 is 10.8 Å². The number of nitrogens with zero attached hydrogens (tertiary/aromatic N) is 1. The third-order valence-electron chi connectivity index (χ3n) is 6.87. The lowest BCUT2D eigenvalue weighted by Gasteiger charge is -2.24. The maximum Gasteiger partial charge on any atom is 0.259 e. The zero-order valence-electron chi connectivity index (χ0n) is 21.3. The predicted molar refractivity (Wildman–Crippen MR) is 148 cm³/mol. The molecule has 196 valence electrons. The lowest BCUT2D eigenvalue weighted by Crippen LogP contribution is -2.31. The van der Waals surface area contributed by atoms with Crippen LogP contribution in [-0.2, 0) is 17.3 Å². The molecule has 0 radical (unpaired) electrons. The van der Waals surface area contributed by atoms with Crippen molar-refractivity contribution in [3.63, 3.8) is 0 Å². The van der Waals surface area contributed by atoms with Gasteiger partial charge in [0.15, 0.2) is 11.5 Å². The molecule has 0 bridgehead atoms. The molecule has 2 heterocycles. The van der Waals surface area contributed by atoms with Gasteiger partial charge in [-0.3, -0.25) is 9.59 Å². The van der Waals surface area contributed by atoms with Gasteiger partial charge in [0.25, 0.3) is 11.8 Å². The molecular formula is C31H26N2O5S. The Morgan fingerprint density at radius 3 is 2.46 bits per heavy atom. The lowest BCUT2D eigenvalue weighted by molar-refractivity contribution is 0.0937. The Balaban J connectivity index is 1.34. The van der Waals surface area contributed by atoms with E-state index in [0.29, 0.717) is 51.3 Å². The second-order valence-electron chi connectivity index (χ2n) is 9.42. The van der Waals surface area contributed by atoms with Gasteiger partial charge in [-0.25, -0.2) is 4.21 Å². The SMILES string of the molecule is C[C@H](NC(=O)c1ccc2c(c1)N(Cc1ccccc1)C(=O)c1ccccc1[S@]2=O)c1ccc2c(c1)OCCO2. The molecule has 2 atom stereocenters. The van der Waals surface area contributed by atoms with Gasteiger partial charge < -0.3 is 19.7 Å². The number of anilines is 1. The third kappa shape index (κ3) is 4.79. The molecule has 0 fully saturated rings. The Labute approximate surface area is 228 Å². The molecule has 39 heavy (non-hydrogen) atoms. The standard InChI is InChI=1S/C31H26N2O5S/c1-20(22-11-13-26-27(18-22)38-16-15-37-26)32-30(34)23-12-14-29-25(17-23)33(19-21-7-3-2-4-8-21)31(35)24-9-5-6-10-28(24)39(29)36/h2-14,17-18,20H,15-16,19H2,1H3,(H,32,34)/t20-,39+/m0/s1. The molecule has 2 amide bonds. The number of rotatable bonds is 5. The van der Waals surface area contributed by atoms with Crippen LogP contribution in [0, 0.1) is 0 Å². The first-order valence-corrected chi connectivity index (χ1v) is 13.9. The van der Waals surface area contributed by atoms with E-state index in [2.05, 4.69) is 5.32 Å². The number of hydrogen-bond acceptors (Lipinski definition) is 5. The number of nitrogens with one attached hydrogen (secondary N) is 1. The van der Waals surface area contributed by atoms with E-state index in [0.717, 1.165) is 11.1 Å². The summed E-state index contributed by atoms with van der Waals surface area (Å²) in [4.78, 5) is 29.7. The van der Waals surface area contributed by atoms with Crippen LogP contribution in [0.15, 0.2) is 101 Å². The quantitative estimate of drug-likeness (QED) is 0.374. The van der Waals surface area contributed by atoms with Crippen molar-refractivity contribution in [2.45, 2.75) is 29.3 Å². The summed E-state index contributed by atoms with van der Waals surface area (Å²) in [5.41, 5.74) is 3.01. The average Bonchev–Trinajstić information content (AvgIpc) is 3.06. The number of fused-ring (bicyclic) bond motifs is 3. The summed E-state index contributed by atoms with van der Waals surface area (Å²) in [6, 6.07) is 26.9. The largest absolute Gasteiger partial charge is 0.486 e. The van der Waals surface area contributed by atoms with Crippen molar-refractivity contribution < 1.29 is 23.3 Å². The Bertz CT molecular complexity index is 1600. The summed E-state index contributed by atoms with van der Waals surface area (Å²) >= 11 is 0. The van der Waals surface area contributed by atoms with Crippen molar-refractivity contribution in [3.8, 4) is 11.5 Å². The van der Waals surface area contributed by atoms with Gasteiger partial charge in [-0.1, -0.05) is 48.5 Å². The van der Waals surface area contributed by atoms with Crippen LogP contribution >= 0.6 is 0 Å². The zero-order valence-corrected chi connectivity index (χ0v) is 22.1. The topological polar surface area (TPSA) is 84.9 Å². The summed E-state index contributed by atoms with van der Waals surface area (Å²) in [5.74, 6) is 0.775. The molecule has 2 aliphatic rings. The molecular weight excluding hydrogens is 512 g/mol. The molecule has 6 rings (SSSR count). The minimum atomic E-state index is -1.59. The van der Waals surface area contributed by atoms with Crippen molar-refractivity contribution >= 4 is 28.3 Å². The number of carbonyl (C=O) groups is 2. The van der Waals surface area contributed by atoms with Crippen molar-refractivity contribution in [2.24, 2.45) is 0 Å². The first-order chi connectivity index (χ1) is 19.0. The van der Waals surface area contributed by atoms with Crippen LogP contribution in [0.5, 0.6) is 11.5 Å². The maximum absolute atomic E-state index is 13.8. The molecule has 8 heteroatoms. The fourth-order valence-corrected chi connectivity index (χ4v) is 6.17. The van der Waals surface area contributed by atoms with Gasteiger partial charge in [0.2, 0.25) is 0 Å². The van der Waals surface area contributed by atoms with Crippen LogP contribution in [0.25, 0.3) is 0 Å². The highest BCUT2D eigenvalue weighted by molar-refractivity contribution is 7.85. The average molecular weight is 539 g/mol. The summed E-state index contributed by atoms with van der Waals surface area (Å²) < 4.78 is 24.9. The van der Waals surface area contributed by atoms with E-state index in [1.165, 1.54) is 0 Å². The van der Waals surface area contributed by atoms with Crippen LogP contribution < -0.4 is 19.7 Å². The van der Waals surface area contributed by atoms with E-state index in [1.807, 2.05) is 55.5 Å². The van der Waals surface area contributed by atoms with Gasteiger partial charge in [-0.05, 0) is 60.5 Å². The number of ether oxygens (including phenoxy) is 2. The summed E-state index contributed by atoms with van der Waals surface area (Å²) in [6.07, 6.45) is 0. The van der Waals surface area contributed by atoms with E-state index in [1.54, 1.807) is 47.4 Å². The summed E-state index contributed by atoms with van der Waals surface area (Å²) in [7, 11) is -1.59. The minimum absolute atomic E-state index is 0.260. The Morgan fingerprint density at radius 1 is 0.897 bits per heavy atom. The van der Waals surface area contributed by atoms with E-state index >= 15 is 0 Å². The van der Waals surface area contributed by atoms with Crippen molar-refractivity contribution in [2.75, 3.05) is 18.1 Å². The highest BCUT2D eigenvalue weighted by Crippen LogP contribution is 2.36. The maximum atomic E-state index is 13.8. The highest BCUT2D eigenvalue weighted by Gasteiger charge is 2.31. The van der Waals surface area contributed by atoms with E-state index in [9.17, 15) is 13.8 Å². The second kappa shape index (κ2) is 10.4. The van der Waals surface area contributed by atoms with Gasteiger partial charge in [0, 0.05) is 5.56 Å². The molecule has 0 unspecified atom stereocenters. The molecule has 1 N–H and O–H groups in total. The molecule has 4 aromatic rings. The van der Waals surface area contributed by atoms with Crippen LogP contribution in [-0.4, -0.2) is 29.2 Å². The monoisotopic (exact) mass is 538 g/mol. The Hall–Kier alpha value is -4.43. The van der Waals surface area contributed by atoms with Gasteiger partial charge in [0.05, 0.1) is 44.4 Å². The van der Waals surface area contributed by atoms with Crippen LogP contribution in [0.1, 0.15) is 44.8 Å². The predicted octanol–water partition coefficient (Wildman–Crippen LogP) is 5.28. The first kappa shape index (κ1) is 24.9. The molecule has 2 aliphatic heterocycles. The number of carbonyl (C=O) groups excluding carboxylic acids is 2. The molecule has 4 aromatic carbocycles. The fraction of sp³-hybridized carbons (Fsp3) is 0.161. The van der Waals surface area contributed by atoms with Gasteiger partial charge >= 0.3 is 0 Å². The fourth-order valence-electron chi connectivity index (χ4n) is 4.82. The summed E-state index contributed by atoms with van der Waals surface area (Å²) in [5, 5.41) is 3.03. The van der Waals surface area contributed by atoms with Crippen LogP contribution in [0.3, 0.4) is 0 Å². The molecule has 0 aliphatic carbocycles. The van der Waals surface area contributed by atoms with Crippen molar-refractivity contribution in [3.05, 3.63) is 113 Å². The van der Waals surface area contributed by atoms with E-state index in [-0.39, 0.29) is 24.4 Å². The third-order valence-corrected chi connectivity index (χ3v) is 8.37. The van der Waals surface area contributed by atoms with Crippen LogP contribution in [0.2, 0.25) is 0 Å². The highest BCUT2D eigenvalue weighted by atomic mass is 32.2. The number of amides is 2. The Kier molecular flexibility index (Phi) is 6.62. The van der Waals surface area contributed by atoms with Gasteiger partial charge in [0.1, 0.15) is 13.2 Å². The molecule has 7 nitrogen and oxygen atoms in total. The number of hydrogen-bond donors (Lipinski definition) is 1. The van der Waals surface area contributed by atoms with Crippen molar-refractivity contribution in [1.82, 2.24) is 5.32 Å². The van der Waals surface area contributed by atoms with E-state index in [4.69, 9.17) is 9.47 Å². The van der Waals surface area contributed by atoms with Gasteiger partial charge in [-0.2, -0.15) is 0 Å². The normalized spacial score (nSPS) is 16.5. The first-order valence-electron chi connectivity index (χ1n) is 12.7. The van der Waals surface area contributed by atoms with Crippen molar-refractivity contribution in [1.29, 1.82) is 0 Å². The molecule has 0 saturated heterocycles. The smallest absolute Gasteiger partial charge is 0.259 e. The molecule has 0 aromatic heterocycles.